The van der Waals surface area contributed by atoms with Crippen molar-refractivity contribution in [2.75, 3.05) is 0 Å². The number of aromatic nitrogens is 2. The minimum absolute atomic E-state index is 0.889. The molecular weight excluding hydrogens is 669 g/mol. The molecular formula is C52H32N2O. The van der Waals surface area contributed by atoms with Crippen LogP contribution in [0.25, 0.3) is 110 Å². The molecule has 0 N–H and O–H groups in total. The molecule has 0 saturated carbocycles. The highest BCUT2D eigenvalue weighted by atomic mass is 16.3. The molecule has 3 aromatic heterocycles. The van der Waals surface area contributed by atoms with E-state index >= 15 is 0 Å². The van der Waals surface area contributed by atoms with Crippen LogP contribution >= 0.6 is 0 Å². The normalized spacial score (nSPS) is 12.0. The Kier molecular flexibility index (Phi) is 6.34. The summed E-state index contributed by atoms with van der Waals surface area (Å²) in [7, 11) is 0. The molecule has 12 aromatic rings. The van der Waals surface area contributed by atoms with Gasteiger partial charge in [-0.25, -0.2) is 0 Å². The van der Waals surface area contributed by atoms with Gasteiger partial charge in [-0.15, -0.1) is 0 Å². The third kappa shape index (κ3) is 4.57. The molecule has 0 aliphatic carbocycles. The minimum atomic E-state index is 0.889. The summed E-state index contributed by atoms with van der Waals surface area (Å²) in [5.74, 6) is 0. The first-order valence-corrected chi connectivity index (χ1v) is 18.8. The van der Waals surface area contributed by atoms with E-state index < -0.39 is 0 Å². The quantitative estimate of drug-likeness (QED) is 0.179. The lowest BCUT2D eigenvalue weighted by Gasteiger charge is -2.10. The van der Waals surface area contributed by atoms with Crippen molar-refractivity contribution in [2.24, 2.45) is 0 Å². The first-order chi connectivity index (χ1) is 27.2. The van der Waals surface area contributed by atoms with E-state index in [9.17, 15) is 0 Å². The fraction of sp³-hybridized carbons (Fsp3) is 0. The highest BCUT2D eigenvalue weighted by Crippen LogP contribution is 2.41. The Morgan fingerprint density at radius 1 is 0.273 bits per heavy atom. The molecule has 3 nitrogen and oxygen atoms in total. The second-order valence-electron chi connectivity index (χ2n) is 14.6. The number of rotatable bonds is 4. The fourth-order valence-corrected chi connectivity index (χ4v) is 8.88. The van der Waals surface area contributed by atoms with Crippen molar-refractivity contribution in [3.8, 4) is 33.6 Å². The molecule has 256 valence electrons. The standard InChI is InChI=1S/C52H32N2O/c1-3-11-33(12-4-1)38-19-23-41-44-28-36(20-25-47(44)54(49(41)31-38)40-22-24-43-42-17-9-10-18-51(42)55-52(43)32-40)37-21-26-48-45(29-37)46-27-34-13-7-8-14-35(34)30-50(46)53(48)39-15-5-2-6-16-39/h1-32H. The molecule has 0 fully saturated rings. The zero-order valence-corrected chi connectivity index (χ0v) is 29.8. The summed E-state index contributed by atoms with van der Waals surface area (Å²) < 4.78 is 11.2. The van der Waals surface area contributed by atoms with Gasteiger partial charge < -0.3 is 13.6 Å². The van der Waals surface area contributed by atoms with Crippen LogP contribution in [-0.4, -0.2) is 9.13 Å². The molecule has 0 aliphatic heterocycles. The second-order valence-corrected chi connectivity index (χ2v) is 14.6. The number of fused-ring (bicyclic) bond motifs is 10. The maximum absolute atomic E-state index is 6.39. The molecule has 0 aliphatic rings. The van der Waals surface area contributed by atoms with Gasteiger partial charge in [0.05, 0.1) is 22.1 Å². The number of hydrogen-bond acceptors (Lipinski definition) is 1. The van der Waals surface area contributed by atoms with Crippen molar-refractivity contribution in [1.82, 2.24) is 9.13 Å². The molecule has 3 heterocycles. The SMILES string of the molecule is c1ccc(-c2ccc3c4cc(-c5ccc6c(c5)c5cc7ccccc7cc5n6-c5ccccc5)ccc4n(-c4ccc5c(c4)oc4ccccc45)c3c2)cc1. The van der Waals surface area contributed by atoms with Gasteiger partial charge in [0.25, 0.3) is 0 Å². The average Bonchev–Trinajstić information content (AvgIpc) is 3.89. The van der Waals surface area contributed by atoms with Gasteiger partial charge >= 0.3 is 0 Å². The average molecular weight is 701 g/mol. The molecule has 0 radical (unpaired) electrons. The van der Waals surface area contributed by atoms with Gasteiger partial charge in [0.15, 0.2) is 0 Å². The maximum atomic E-state index is 6.39. The van der Waals surface area contributed by atoms with Crippen LogP contribution in [0.15, 0.2) is 199 Å². The van der Waals surface area contributed by atoms with Gasteiger partial charge in [0, 0.05) is 49.8 Å². The van der Waals surface area contributed by atoms with Crippen LogP contribution in [0.1, 0.15) is 0 Å². The van der Waals surface area contributed by atoms with E-state index in [0.717, 1.165) is 44.3 Å². The number of nitrogens with zero attached hydrogens (tertiary/aromatic N) is 2. The van der Waals surface area contributed by atoms with Gasteiger partial charge in [0.2, 0.25) is 0 Å². The third-order valence-electron chi connectivity index (χ3n) is 11.5. The highest BCUT2D eigenvalue weighted by molar-refractivity contribution is 6.16. The van der Waals surface area contributed by atoms with Crippen molar-refractivity contribution >= 4 is 76.3 Å². The fourth-order valence-electron chi connectivity index (χ4n) is 8.88. The van der Waals surface area contributed by atoms with Gasteiger partial charge in [-0.3, -0.25) is 0 Å². The summed E-state index contributed by atoms with van der Waals surface area (Å²) in [6.45, 7) is 0. The first-order valence-electron chi connectivity index (χ1n) is 18.8. The monoisotopic (exact) mass is 700 g/mol. The van der Waals surface area contributed by atoms with Crippen molar-refractivity contribution < 1.29 is 4.42 Å². The zero-order valence-electron chi connectivity index (χ0n) is 29.8. The summed E-state index contributed by atoms with van der Waals surface area (Å²) in [5, 5.41) is 9.69. The van der Waals surface area contributed by atoms with Crippen LogP contribution in [0.3, 0.4) is 0 Å². The molecule has 55 heavy (non-hydrogen) atoms. The van der Waals surface area contributed by atoms with E-state index in [4.69, 9.17) is 4.42 Å². The molecule has 3 heteroatoms. The molecule has 0 bridgehead atoms. The Morgan fingerprint density at radius 2 is 0.818 bits per heavy atom. The Balaban J connectivity index is 1.08. The van der Waals surface area contributed by atoms with Crippen molar-refractivity contribution in [3.05, 3.63) is 194 Å². The van der Waals surface area contributed by atoms with E-state index in [1.54, 1.807) is 0 Å². The number of para-hydroxylation sites is 2. The molecule has 0 spiro atoms. The van der Waals surface area contributed by atoms with Gasteiger partial charge in [0.1, 0.15) is 11.2 Å². The minimum Gasteiger partial charge on any atom is -0.456 e. The lowest BCUT2D eigenvalue weighted by molar-refractivity contribution is 0.668. The second kappa shape index (κ2) is 11.6. The van der Waals surface area contributed by atoms with Gasteiger partial charge in [-0.2, -0.15) is 0 Å². The summed E-state index contributed by atoms with van der Waals surface area (Å²) in [6, 6.07) is 70.4. The highest BCUT2D eigenvalue weighted by Gasteiger charge is 2.18. The summed E-state index contributed by atoms with van der Waals surface area (Å²) in [6.07, 6.45) is 0. The van der Waals surface area contributed by atoms with Crippen molar-refractivity contribution in [1.29, 1.82) is 0 Å². The lowest BCUT2D eigenvalue weighted by atomic mass is 9.99. The third-order valence-corrected chi connectivity index (χ3v) is 11.5. The van der Waals surface area contributed by atoms with Crippen LogP contribution in [-0.2, 0) is 0 Å². The predicted molar refractivity (Wildman–Crippen MR) is 231 cm³/mol. The van der Waals surface area contributed by atoms with E-state index in [1.165, 1.54) is 65.6 Å². The maximum Gasteiger partial charge on any atom is 0.137 e. The summed E-state index contributed by atoms with van der Waals surface area (Å²) in [4.78, 5) is 0. The van der Waals surface area contributed by atoms with Crippen LogP contribution in [0.4, 0.5) is 0 Å². The van der Waals surface area contributed by atoms with E-state index in [1.807, 2.05) is 12.1 Å². The Hall–Kier alpha value is -7.36. The van der Waals surface area contributed by atoms with E-state index in [0.29, 0.717) is 0 Å². The molecule has 0 amide bonds. The molecule has 0 atom stereocenters. The predicted octanol–water partition coefficient (Wildman–Crippen LogP) is 14.3. The van der Waals surface area contributed by atoms with Gasteiger partial charge in [-0.05, 0) is 106 Å². The number of furan rings is 1. The zero-order chi connectivity index (χ0) is 36.0. The number of hydrogen-bond donors (Lipinski definition) is 0. The van der Waals surface area contributed by atoms with Crippen LogP contribution < -0.4 is 0 Å². The summed E-state index contributed by atoms with van der Waals surface area (Å²) in [5.41, 5.74) is 13.5. The van der Waals surface area contributed by atoms with Crippen LogP contribution in [0.2, 0.25) is 0 Å². The first kappa shape index (κ1) is 30.1. The molecule has 0 saturated heterocycles. The van der Waals surface area contributed by atoms with Crippen LogP contribution in [0, 0.1) is 0 Å². The topological polar surface area (TPSA) is 23.0 Å². The molecule has 12 rings (SSSR count). The summed E-state index contributed by atoms with van der Waals surface area (Å²) >= 11 is 0. The van der Waals surface area contributed by atoms with E-state index in [2.05, 4.69) is 191 Å². The van der Waals surface area contributed by atoms with Crippen LogP contribution in [0.5, 0.6) is 0 Å². The Morgan fingerprint density at radius 3 is 1.60 bits per heavy atom. The van der Waals surface area contributed by atoms with Gasteiger partial charge in [-0.1, -0.05) is 115 Å². The smallest absolute Gasteiger partial charge is 0.137 e. The van der Waals surface area contributed by atoms with Crippen molar-refractivity contribution in [3.63, 3.8) is 0 Å². The Bertz CT molecular complexity index is 3470. The lowest BCUT2D eigenvalue weighted by Crippen LogP contribution is -1.94. The molecule has 0 unspecified atom stereocenters. The number of benzene rings is 9. The Labute approximate surface area is 316 Å². The van der Waals surface area contributed by atoms with E-state index in [-0.39, 0.29) is 0 Å². The van der Waals surface area contributed by atoms with Crippen molar-refractivity contribution in [2.45, 2.75) is 0 Å². The molecule has 9 aromatic carbocycles. The largest absolute Gasteiger partial charge is 0.456 e.